The van der Waals surface area contributed by atoms with E-state index in [0.717, 1.165) is 64.2 Å². The van der Waals surface area contributed by atoms with Gasteiger partial charge in [-0.15, -0.1) is 0 Å². The van der Waals surface area contributed by atoms with Gasteiger partial charge in [0.25, 0.3) is 0 Å². The molecular formula is C41H65NO7. The van der Waals surface area contributed by atoms with Crippen molar-refractivity contribution in [2.75, 3.05) is 41.0 Å². The third kappa shape index (κ3) is 30.3. The van der Waals surface area contributed by atoms with Gasteiger partial charge in [0, 0.05) is 19.3 Å². The third-order valence-corrected chi connectivity index (χ3v) is 7.41. The number of hydrogen-bond acceptors (Lipinski definition) is 7. The maximum atomic E-state index is 12.6. The smallest absolute Gasteiger partial charge is 0.306 e. The van der Waals surface area contributed by atoms with Gasteiger partial charge in [0.15, 0.2) is 6.10 Å². The number of aliphatic carboxylic acids is 1. The summed E-state index contributed by atoms with van der Waals surface area (Å²) >= 11 is 0. The van der Waals surface area contributed by atoms with Crippen LogP contribution in [0.15, 0.2) is 85.1 Å². The minimum atomic E-state index is -1.14. The van der Waals surface area contributed by atoms with E-state index >= 15 is 0 Å². The van der Waals surface area contributed by atoms with Crippen molar-refractivity contribution >= 4 is 17.9 Å². The lowest BCUT2D eigenvalue weighted by atomic mass is 10.1. The lowest BCUT2D eigenvalue weighted by molar-refractivity contribution is -0.889. The van der Waals surface area contributed by atoms with Gasteiger partial charge in [-0.1, -0.05) is 118 Å². The van der Waals surface area contributed by atoms with E-state index < -0.39 is 18.1 Å². The fourth-order valence-corrected chi connectivity index (χ4v) is 4.61. The fourth-order valence-electron chi connectivity index (χ4n) is 4.61. The predicted molar refractivity (Wildman–Crippen MR) is 198 cm³/mol. The first-order valence-corrected chi connectivity index (χ1v) is 18.2. The third-order valence-electron chi connectivity index (χ3n) is 7.41. The number of unbranched alkanes of at least 4 members (excludes halogenated alkanes) is 6. The standard InChI is InChI=1S/C41H65NO7/c1-6-8-10-12-14-16-18-20-22-23-25-27-29-31-39(43)48-36-37(35-47-34-33-38(41(45)46)42(3,4)5)49-40(44)32-30-28-26-24-21-19-17-15-13-11-9-7-2/h8-12,14-18,20,22-23,25,37-38H,6-7,13,19,21,24,26-36H2,1-5H3/b10-8+,11-9+,14-12+,17-15+,18-16+,22-20+,25-23+. The lowest BCUT2D eigenvalue weighted by Crippen LogP contribution is -2.55. The number of quaternary nitrogens is 1. The highest BCUT2D eigenvalue weighted by atomic mass is 16.6. The SMILES string of the molecule is CC/C=C/C=C/C=C/C=C/C=C/CCCC(=O)OCC(COCCC(C(=O)[O-])[N+](C)(C)C)OC(=O)CCCCCCC/C=C/C/C=C/CC. The monoisotopic (exact) mass is 683 g/mol. The molecule has 0 aromatic carbocycles. The van der Waals surface area contributed by atoms with E-state index in [9.17, 15) is 19.5 Å². The highest BCUT2D eigenvalue weighted by molar-refractivity contribution is 5.70. The maximum absolute atomic E-state index is 12.6. The molecule has 0 aliphatic carbocycles. The summed E-state index contributed by atoms with van der Waals surface area (Å²) in [6, 6.07) is -0.742. The van der Waals surface area contributed by atoms with Crippen molar-refractivity contribution in [1.29, 1.82) is 0 Å². The molecule has 0 fully saturated rings. The molecule has 0 heterocycles. The van der Waals surface area contributed by atoms with Gasteiger partial charge in [-0.2, -0.15) is 0 Å². The Morgan fingerprint density at radius 2 is 1.20 bits per heavy atom. The lowest BCUT2D eigenvalue weighted by Gasteiger charge is -2.34. The second kappa shape index (κ2) is 31.8. The van der Waals surface area contributed by atoms with Gasteiger partial charge in [-0.25, -0.2) is 0 Å². The number of carboxylic acid groups (broad SMARTS) is 1. The zero-order chi connectivity index (χ0) is 36.4. The van der Waals surface area contributed by atoms with E-state index in [-0.39, 0.29) is 55.5 Å². The van der Waals surface area contributed by atoms with Crippen LogP contribution in [0.2, 0.25) is 0 Å². The van der Waals surface area contributed by atoms with Crippen molar-refractivity contribution in [2.24, 2.45) is 0 Å². The Labute approximate surface area is 297 Å². The Bertz CT molecular complexity index is 1080. The average molecular weight is 684 g/mol. The number of hydrogen-bond donors (Lipinski definition) is 0. The van der Waals surface area contributed by atoms with Crippen LogP contribution in [0.5, 0.6) is 0 Å². The molecule has 0 N–H and O–H groups in total. The van der Waals surface area contributed by atoms with Crippen molar-refractivity contribution < 1.29 is 38.2 Å². The van der Waals surface area contributed by atoms with Crippen LogP contribution in [0.1, 0.15) is 104 Å². The van der Waals surface area contributed by atoms with Gasteiger partial charge in [0.1, 0.15) is 12.6 Å². The van der Waals surface area contributed by atoms with E-state index in [1.807, 2.05) is 54.7 Å². The molecule has 0 saturated heterocycles. The van der Waals surface area contributed by atoms with Crippen molar-refractivity contribution in [1.82, 2.24) is 0 Å². The molecule has 0 aliphatic heterocycles. The molecule has 0 aromatic heterocycles. The first-order valence-electron chi connectivity index (χ1n) is 18.2. The van der Waals surface area contributed by atoms with E-state index in [2.05, 4.69) is 44.2 Å². The summed E-state index contributed by atoms with van der Waals surface area (Å²) in [4.78, 5) is 36.6. The van der Waals surface area contributed by atoms with Crippen LogP contribution < -0.4 is 5.11 Å². The van der Waals surface area contributed by atoms with Crippen LogP contribution in [0, 0.1) is 0 Å². The summed E-state index contributed by atoms with van der Waals surface area (Å²) in [5, 5.41) is 11.6. The van der Waals surface area contributed by atoms with Gasteiger partial charge < -0.3 is 28.6 Å². The minimum absolute atomic E-state index is 0.00638. The molecule has 0 radical (unpaired) electrons. The topological polar surface area (TPSA) is 102 Å². The number of rotatable bonds is 30. The molecule has 8 nitrogen and oxygen atoms in total. The molecule has 276 valence electrons. The molecule has 2 unspecified atom stereocenters. The first kappa shape index (κ1) is 45.5. The second-order valence-corrected chi connectivity index (χ2v) is 12.8. The minimum Gasteiger partial charge on any atom is -0.544 e. The molecular weight excluding hydrogens is 618 g/mol. The van der Waals surface area contributed by atoms with Gasteiger partial charge in [0.2, 0.25) is 0 Å². The Kier molecular flexibility index (Phi) is 29.5. The number of carbonyl (C=O) groups is 3. The van der Waals surface area contributed by atoms with E-state index in [0.29, 0.717) is 6.42 Å². The number of carboxylic acids is 1. The van der Waals surface area contributed by atoms with Crippen molar-refractivity contribution in [3.8, 4) is 0 Å². The number of carbonyl (C=O) groups excluding carboxylic acids is 3. The van der Waals surface area contributed by atoms with Crippen LogP contribution in [-0.4, -0.2) is 75.5 Å². The fraction of sp³-hybridized carbons (Fsp3) is 0.585. The summed E-state index contributed by atoms with van der Waals surface area (Å²) in [6.07, 6.45) is 39.1. The van der Waals surface area contributed by atoms with Gasteiger partial charge in [0.05, 0.1) is 40.3 Å². The molecule has 2 atom stereocenters. The Morgan fingerprint density at radius 1 is 0.633 bits per heavy atom. The van der Waals surface area contributed by atoms with Crippen molar-refractivity contribution in [3.63, 3.8) is 0 Å². The van der Waals surface area contributed by atoms with Crippen LogP contribution in [0.25, 0.3) is 0 Å². The molecule has 0 aliphatic rings. The van der Waals surface area contributed by atoms with Gasteiger partial charge in [-0.3, -0.25) is 9.59 Å². The summed E-state index contributed by atoms with van der Waals surface area (Å²) < 4.78 is 17.0. The number of nitrogens with zero attached hydrogens (tertiary/aromatic N) is 1. The maximum Gasteiger partial charge on any atom is 0.306 e. The quantitative estimate of drug-likeness (QED) is 0.0252. The first-order chi connectivity index (χ1) is 23.6. The summed E-state index contributed by atoms with van der Waals surface area (Å²) in [6.45, 7) is 4.26. The van der Waals surface area contributed by atoms with Crippen LogP contribution in [-0.2, 0) is 28.6 Å². The zero-order valence-corrected chi connectivity index (χ0v) is 31.1. The van der Waals surface area contributed by atoms with E-state index in [4.69, 9.17) is 14.2 Å². The Morgan fingerprint density at radius 3 is 1.86 bits per heavy atom. The Hall–Kier alpha value is -3.49. The van der Waals surface area contributed by atoms with E-state index in [1.165, 1.54) is 0 Å². The Balaban J connectivity index is 4.62. The van der Waals surface area contributed by atoms with Crippen molar-refractivity contribution in [2.45, 2.75) is 116 Å². The van der Waals surface area contributed by atoms with Crippen molar-refractivity contribution in [3.05, 3.63) is 85.1 Å². The van der Waals surface area contributed by atoms with Crippen LogP contribution in [0.4, 0.5) is 0 Å². The van der Waals surface area contributed by atoms with E-state index in [1.54, 1.807) is 21.1 Å². The molecule has 0 aromatic rings. The molecule has 8 heteroatoms. The van der Waals surface area contributed by atoms with Crippen LogP contribution >= 0.6 is 0 Å². The summed E-state index contributed by atoms with van der Waals surface area (Å²) in [5.74, 6) is -1.87. The number of likely N-dealkylation sites (N-methyl/N-ethyl adjacent to an activating group) is 1. The summed E-state index contributed by atoms with van der Waals surface area (Å²) in [5.41, 5.74) is 0. The number of allylic oxidation sites excluding steroid dienone is 14. The van der Waals surface area contributed by atoms with Crippen LogP contribution in [0.3, 0.4) is 0 Å². The molecule has 0 rings (SSSR count). The largest absolute Gasteiger partial charge is 0.544 e. The molecule has 0 bridgehead atoms. The average Bonchev–Trinajstić information content (AvgIpc) is 3.05. The molecule has 0 spiro atoms. The normalized spacial score (nSPS) is 14.1. The zero-order valence-electron chi connectivity index (χ0n) is 31.1. The number of esters is 2. The highest BCUT2D eigenvalue weighted by Crippen LogP contribution is 2.11. The molecule has 49 heavy (non-hydrogen) atoms. The number of ether oxygens (including phenoxy) is 3. The summed E-state index contributed by atoms with van der Waals surface area (Å²) in [7, 11) is 5.35. The predicted octanol–water partition coefficient (Wildman–Crippen LogP) is 7.68. The van der Waals surface area contributed by atoms with Gasteiger partial charge in [-0.05, 0) is 51.4 Å². The second-order valence-electron chi connectivity index (χ2n) is 12.8. The molecule has 0 saturated carbocycles. The molecule has 0 amide bonds. The van der Waals surface area contributed by atoms with Gasteiger partial charge >= 0.3 is 11.9 Å². The highest BCUT2D eigenvalue weighted by Gasteiger charge is 2.25.